The van der Waals surface area contributed by atoms with E-state index in [2.05, 4.69) is 15.4 Å². The second kappa shape index (κ2) is 8.88. The number of nitrogens with zero attached hydrogens (tertiary/aromatic N) is 4. The second-order valence-corrected chi connectivity index (χ2v) is 8.82. The van der Waals surface area contributed by atoms with Gasteiger partial charge in [-0.3, -0.25) is 14.3 Å². The van der Waals surface area contributed by atoms with E-state index < -0.39 is 30.1 Å². The zero-order valence-electron chi connectivity index (χ0n) is 19.0. The highest BCUT2D eigenvalue weighted by atomic mass is 19.1. The molecule has 0 aliphatic carbocycles. The first-order valence-corrected chi connectivity index (χ1v) is 10.9. The molecule has 174 valence electrons. The van der Waals surface area contributed by atoms with E-state index in [1.165, 1.54) is 11.8 Å². The predicted octanol–water partition coefficient (Wildman–Crippen LogP) is 3.40. The van der Waals surface area contributed by atoms with E-state index in [0.717, 1.165) is 10.9 Å². The number of amides is 2. The van der Waals surface area contributed by atoms with E-state index in [1.54, 1.807) is 30.1 Å². The van der Waals surface area contributed by atoms with Crippen molar-refractivity contribution >= 4 is 22.7 Å². The Bertz CT molecular complexity index is 1210. The van der Waals surface area contributed by atoms with Crippen molar-refractivity contribution in [2.45, 2.75) is 51.4 Å². The molecule has 0 spiro atoms. The number of pyridine rings is 1. The topological polar surface area (TPSA) is 80.1 Å². The lowest BCUT2D eigenvalue weighted by molar-refractivity contribution is -0.137. The first kappa shape index (κ1) is 22.8. The van der Waals surface area contributed by atoms with Crippen molar-refractivity contribution in [3.63, 3.8) is 0 Å². The van der Waals surface area contributed by atoms with Crippen molar-refractivity contribution in [2.75, 3.05) is 6.54 Å². The Morgan fingerprint density at radius 2 is 1.97 bits per heavy atom. The van der Waals surface area contributed by atoms with Crippen LogP contribution >= 0.6 is 0 Å². The van der Waals surface area contributed by atoms with E-state index in [-0.39, 0.29) is 24.8 Å². The van der Waals surface area contributed by atoms with Gasteiger partial charge in [-0.2, -0.15) is 9.49 Å². The minimum atomic E-state index is -1.27. The average Bonchev–Trinajstić information content (AvgIpc) is 3.34. The summed E-state index contributed by atoms with van der Waals surface area (Å²) in [6.45, 7) is 4.95. The van der Waals surface area contributed by atoms with Gasteiger partial charge < -0.3 is 10.2 Å². The Morgan fingerprint density at radius 1 is 1.21 bits per heavy atom. The molecule has 2 aromatic heterocycles. The lowest BCUT2D eigenvalue weighted by Crippen LogP contribution is -2.46. The van der Waals surface area contributed by atoms with Crippen molar-refractivity contribution in [1.82, 2.24) is 25.0 Å². The van der Waals surface area contributed by atoms with E-state index in [9.17, 15) is 18.4 Å². The molecular weight excluding hydrogens is 428 g/mol. The molecule has 3 aromatic rings. The number of carbonyl (C=O) groups excluding carboxylic acids is 2. The van der Waals surface area contributed by atoms with Crippen LogP contribution in [0.4, 0.5) is 8.78 Å². The van der Waals surface area contributed by atoms with Gasteiger partial charge in [0.1, 0.15) is 12.2 Å². The molecule has 0 saturated carbocycles. The smallest absolute Gasteiger partial charge is 0.243 e. The molecule has 1 aliphatic heterocycles. The summed E-state index contributed by atoms with van der Waals surface area (Å²) in [4.78, 5) is 30.5. The molecule has 0 unspecified atom stereocenters. The lowest BCUT2D eigenvalue weighted by Gasteiger charge is -2.26. The molecule has 0 radical (unpaired) electrons. The van der Waals surface area contributed by atoms with Crippen LogP contribution in [0.15, 0.2) is 36.5 Å². The van der Waals surface area contributed by atoms with Crippen LogP contribution in [0.5, 0.6) is 0 Å². The van der Waals surface area contributed by atoms with Gasteiger partial charge >= 0.3 is 0 Å². The number of rotatable bonds is 5. The molecule has 3 heterocycles. The normalized spacial score (nSPS) is 19.3. The highest BCUT2D eigenvalue weighted by molar-refractivity contribution is 5.88. The zero-order valence-corrected chi connectivity index (χ0v) is 19.0. The molecule has 2 amide bonds. The third-order valence-electron chi connectivity index (χ3n) is 6.17. The molecule has 1 aromatic carbocycles. The van der Waals surface area contributed by atoms with Crippen molar-refractivity contribution < 1.29 is 18.4 Å². The van der Waals surface area contributed by atoms with Crippen molar-refractivity contribution in [2.24, 2.45) is 7.05 Å². The minimum Gasteiger partial charge on any atom is -0.342 e. The number of halogens is 2. The Kier molecular flexibility index (Phi) is 6.14. The second-order valence-electron chi connectivity index (χ2n) is 8.82. The maximum atomic E-state index is 14.8. The van der Waals surface area contributed by atoms with Gasteiger partial charge in [0.05, 0.1) is 30.0 Å². The van der Waals surface area contributed by atoms with Crippen LogP contribution < -0.4 is 5.32 Å². The predicted molar refractivity (Wildman–Crippen MR) is 120 cm³/mol. The number of aromatic nitrogens is 3. The molecular formula is C24H27F2N5O2. The maximum Gasteiger partial charge on any atom is 0.243 e. The molecule has 0 bridgehead atoms. The molecule has 4 rings (SSSR count). The summed E-state index contributed by atoms with van der Waals surface area (Å²) in [6.07, 6.45) is 0.384. The molecule has 1 saturated heterocycles. The summed E-state index contributed by atoms with van der Waals surface area (Å²) >= 11 is 0. The van der Waals surface area contributed by atoms with Gasteiger partial charge in [0.25, 0.3) is 0 Å². The SMILES string of the molecule is CC(=O)N1C[C@H](F)C[C@H]1C(=O)N[C@@H](c1ccc2cnn(C)c2c1)c1ccc(C(C)C)c(F)n1. The highest BCUT2D eigenvalue weighted by Gasteiger charge is 2.39. The fourth-order valence-corrected chi connectivity index (χ4v) is 4.34. The highest BCUT2D eigenvalue weighted by Crippen LogP contribution is 2.28. The van der Waals surface area contributed by atoms with E-state index >= 15 is 0 Å². The number of hydrogen-bond acceptors (Lipinski definition) is 4. The van der Waals surface area contributed by atoms with Crippen LogP contribution in [-0.4, -0.2) is 50.2 Å². The lowest BCUT2D eigenvalue weighted by atomic mass is 9.98. The van der Waals surface area contributed by atoms with Gasteiger partial charge in [-0.15, -0.1) is 0 Å². The third-order valence-corrected chi connectivity index (χ3v) is 6.17. The maximum absolute atomic E-state index is 14.8. The summed E-state index contributed by atoms with van der Waals surface area (Å²) in [5.74, 6) is -1.52. The fraction of sp³-hybridized carbons (Fsp3) is 0.417. The summed E-state index contributed by atoms with van der Waals surface area (Å²) < 4.78 is 30.5. The quantitative estimate of drug-likeness (QED) is 0.598. The van der Waals surface area contributed by atoms with Gasteiger partial charge in [0.2, 0.25) is 17.8 Å². The van der Waals surface area contributed by atoms with Gasteiger partial charge in [0, 0.05) is 31.3 Å². The van der Waals surface area contributed by atoms with Crippen molar-refractivity contribution in [3.05, 3.63) is 59.3 Å². The van der Waals surface area contributed by atoms with Crippen LogP contribution in [-0.2, 0) is 16.6 Å². The summed E-state index contributed by atoms with van der Waals surface area (Å²) in [5.41, 5.74) is 2.30. The van der Waals surface area contributed by atoms with E-state index in [4.69, 9.17) is 0 Å². The molecule has 1 N–H and O–H groups in total. The largest absolute Gasteiger partial charge is 0.342 e. The van der Waals surface area contributed by atoms with E-state index in [1.807, 2.05) is 32.0 Å². The molecule has 9 heteroatoms. The number of hydrogen-bond donors (Lipinski definition) is 1. The summed E-state index contributed by atoms with van der Waals surface area (Å²) in [7, 11) is 1.81. The molecule has 1 fully saturated rings. The van der Waals surface area contributed by atoms with Crippen LogP contribution in [0.1, 0.15) is 56.0 Å². The number of nitrogens with one attached hydrogen (secondary N) is 1. The average molecular weight is 456 g/mol. The molecule has 7 nitrogen and oxygen atoms in total. The van der Waals surface area contributed by atoms with Crippen molar-refractivity contribution in [1.29, 1.82) is 0 Å². The van der Waals surface area contributed by atoms with Crippen molar-refractivity contribution in [3.8, 4) is 0 Å². The van der Waals surface area contributed by atoms with Crippen LogP contribution in [0.25, 0.3) is 10.9 Å². The van der Waals surface area contributed by atoms with Gasteiger partial charge in [-0.05, 0) is 23.6 Å². The third kappa shape index (κ3) is 4.44. The van der Waals surface area contributed by atoms with Crippen LogP contribution in [0, 0.1) is 5.95 Å². The minimum absolute atomic E-state index is 0.0468. The van der Waals surface area contributed by atoms with Crippen LogP contribution in [0.3, 0.4) is 0 Å². The molecule has 33 heavy (non-hydrogen) atoms. The summed E-state index contributed by atoms with van der Waals surface area (Å²) in [6, 6.07) is 7.18. The van der Waals surface area contributed by atoms with Gasteiger partial charge in [-0.1, -0.05) is 32.0 Å². The number of benzene rings is 1. The first-order valence-electron chi connectivity index (χ1n) is 10.9. The number of fused-ring (bicyclic) bond motifs is 1. The van der Waals surface area contributed by atoms with Gasteiger partial charge in [0.15, 0.2) is 0 Å². The van der Waals surface area contributed by atoms with E-state index in [0.29, 0.717) is 16.8 Å². The Morgan fingerprint density at radius 3 is 2.64 bits per heavy atom. The number of alkyl halides is 1. The summed E-state index contributed by atoms with van der Waals surface area (Å²) in [5, 5.41) is 8.05. The number of carbonyl (C=O) groups is 2. The molecule has 3 atom stereocenters. The van der Waals surface area contributed by atoms with Gasteiger partial charge in [-0.25, -0.2) is 9.37 Å². The number of likely N-dealkylation sites (tertiary alicyclic amines) is 1. The Balaban J connectivity index is 1.74. The fourth-order valence-electron chi connectivity index (χ4n) is 4.34. The number of aryl methyl sites for hydroxylation is 1. The van der Waals surface area contributed by atoms with Crippen LogP contribution in [0.2, 0.25) is 0 Å². The zero-order chi connectivity index (χ0) is 23.9. The first-order chi connectivity index (χ1) is 15.7. The standard InChI is InChI=1S/C24H27F2N5O2/c1-13(2)18-7-8-19(28-23(18)26)22(15-5-6-16-11-27-30(4)20(16)9-15)29-24(33)21-10-17(25)12-31(21)14(3)32/h5-9,11,13,17,21-22H,10,12H2,1-4H3,(H,29,33)/t17-,21+,22+/m1/s1. The molecule has 1 aliphatic rings. The Hall–Kier alpha value is -3.36. The Labute approximate surface area is 190 Å². The monoisotopic (exact) mass is 455 g/mol.